The molecule has 1 N–H and O–H groups in total. The maximum Gasteiger partial charge on any atom is 0.0480 e. The van der Waals surface area contributed by atoms with Crippen LogP contribution in [0.3, 0.4) is 0 Å². The Labute approximate surface area is 88.4 Å². The van der Waals surface area contributed by atoms with E-state index in [4.69, 9.17) is 4.74 Å². The second kappa shape index (κ2) is 5.13. The minimum Gasteiger partial charge on any atom is -0.381 e. The van der Waals surface area contributed by atoms with Gasteiger partial charge < -0.3 is 10.1 Å². The normalized spacial score (nSPS) is 22.3. The van der Waals surface area contributed by atoms with Crippen LogP contribution < -0.4 is 5.32 Å². The fourth-order valence-corrected chi connectivity index (χ4v) is 1.55. The molecule has 0 aliphatic carbocycles. The molecule has 1 atom stereocenters. The van der Waals surface area contributed by atoms with Crippen LogP contribution >= 0.6 is 0 Å². The van der Waals surface area contributed by atoms with Gasteiger partial charge in [-0.15, -0.1) is 0 Å². The van der Waals surface area contributed by atoms with Crippen molar-refractivity contribution in [2.45, 2.75) is 46.6 Å². The van der Waals surface area contributed by atoms with E-state index in [0.29, 0.717) is 11.5 Å². The van der Waals surface area contributed by atoms with Crippen LogP contribution in [-0.4, -0.2) is 25.8 Å². The number of ether oxygens (including phenoxy) is 1. The lowest BCUT2D eigenvalue weighted by atomic mass is 9.82. The fourth-order valence-electron chi connectivity index (χ4n) is 1.55. The topological polar surface area (TPSA) is 21.3 Å². The first kappa shape index (κ1) is 12.0. The standard InChI is InChI=1S/C12H25NO/c1-10(12(2,3)4)9-13-11-5-7-14-8-6-11/h10-11,13H,5-9H2,1-4H3. The van der Waals surface area contributed by atoms with Gasteiger partial charge in [0.25, 0.3) is 0 Å². The third-order valence-corrected chi connectivity index (χ3v) is 3.41. The van der Waals surface area contributed by atoms with Crippen molar-refractivity contribution in [1.82, 2.24) is 5.32 Å². The highest BCUT2D eigenvalue weighted by molar-refractivity contribution is 4.76. The summed E-state index contributed by atoms with van der Waals surface area (Å²) in [6, 6.07) is 0.688. The number of hydrogen-bond acceptors (Lipinski definition) is 2. The molecule has 1 saturated heterocycles. The maximum absolute atomic E-state index is 5.33. The van der Waals surface area contributed by atoms with Crippen LogP contribution in [0.25, 0.3) is 0 Å². The van der Waals surface area contributed by atoms with E-state index in [1.165, 1.54) is 12.8 Å². The Morgan fingerprint density at radius 1 is 1.29 bits per heavy atom. The molecule has 84 valence electrons. The van der Waals surface area contributed by atoms with Crippen molar-refractivity contribution in [3.05, 3.63) is 0 Å². The lowest BCUT2D eigenvalue weighted by Gasteiger charge is -2.30. The van der Waals surface area contributed by atoms with E-state index in [-0.39, 0.29) is 0 Å². The Bertz CT molecular complexity index is 156. The summed E-state index contributed by atoms with van der Waals surface area (Å²) in [5, 5.41) is 3.65. The van der Waals surface area contributed by atoms with Crippen LogP contribution in [0, 0.1) is 11.3 Å². The summed E-state index contributed by atoms with van der Waals surface area (Å²) in [7, 11) is 0. The molecular weight excluding hydrogens is 174 g/mol. The third-order valence-electron chi connectivity index (χ3n) is 3.41. The van der Waals surface area contributed by atoms with Crippen molar-refractivity contribution in [1.29, 1.82) is 0 Å². The maximum atomic E-state index is 5.33. The molecule has 0 spiro atoms. The molecule has 0 saturated carbocycles. The molecule has 0 amide bonds. The molecule has 2 heteroatoms. The number of hydrogen-bond donors (Lipinski definition) is 1. The van der Waals surface area contributed by atoms with Gasteiger partial charge in [-0.1, -0.05) is 27.7 Å². The van der Waals surface area contributed by atoms with Crippen LogP contribution in [0.2, 0.25) is 0 Å². The SMILES string of the molecule is CC(CNC1CCOCC1)C(C)(C)C. The monoisotopic (exact) mass is 199 g/mol. The summed E-state index contributed by atoms with van der Waals surface area (Å²) in [6.45, 7) is 12.2. The number of rotatable bonds is 3. The van der Waals surface area contributed by atoms with Crippen LogP contribution in [0.4, 0.5) is 0 Å². The van der Waals surface area contributed by atoms with Gasteiger partial charge in [-0.05, 0) is 30.7 Å². The Hall–Kier alpha value is -0.0800. The van der Waals surface area contributed by atoms with Gasteiger partial charge in [0.05, 0.1) is 0 Å². The highest BCUT2D eigenvalue weighted by atomic mass is 16.5. The lowest BCUT2D eigenvalue weighted by molar-refractivity contribution is 0.0752. The summed E-state index contributed by atoms with van der Waals surface area (Å²) in [4.78, 5) is 0. The van der Waals surface area contributed by atoms with Crippen molar-refractivity contribution in [3.8, 4) is 0 Å². The first-order valence-corrected chi connectivity index (χ1v) is 5.81. The van der Waals surface area contributed by atoms with E-state index in [0.717, 1.165) is 25.7 Å². The van der Waals surface area contributed by atoms with Gasteiger partial charge in [0.2, 0.25) is 0 Å². The molecule has 0 bridgehead atoms. The van der Waals surface area contributed by atoms with Gasteiger partial charge in [-0.25, -0.2) is 0 Å². The molecule has 1 aliphatic rings. The van der Waals surface area contributed by atoms with Gasteiger partial charge in [0.15, 0.2) is 0 Å². The van der Waals surface area contributed by atoms with Gasteiger partial charge in [0, 0.05) is 19.3 Å². The summed E-state index contributed by atoms with van der Waals surface area (Å²) in [6.07, 6.45) is 2.35. The van der Waals surface area contributed by atoms with Crippen molar-refractivity contribution >= 4 is 0 Å². The molecule has 1 heterocycles. The van der Waals surface area contributed by atoms with Gasteiger partial charge >= 0.3 is 0 Å². The van der Waals surface area contributed by atoms with Gasteiger partial charge in [-0.2, -0.15) is 0 Å². The molecule has 0 aromatic carbocycles. The van der Waals surface area contributed by atoms with Crippen LogP contribution in [0.15, 0.2) is 0 Å². The third kappa shape index (κ3) is 3.97. The number of nitrogens with one attached hydrogen (secondary N) is 1. The summed E-state index contributed by atoms with van der Waals surface area (Å²) >= 11 is 0. The van der Waals surface area contributed by atoms with Crippen LogP contribution in [-0.2, 0) is 4.74 Å². The lowest BCUT2D eigenvalue weighted by Crippen LogP contribution is -2.39. The van der Waals surface area contributed by atoms with E-state index in [1.807, 2.05) is 0 Å². The molecule has 2 nitrogen and oxygen atoms in total. The fraction of sp³-hybridized carbons (Fsp3) is 1.00. The van der Waals surface area contributed by atoms with Crippen LogP contribution in [0.1, 0.15) is 40.5 Å². The smallest absolute Gasteiger partial charge is 0.0480 e. The Balaban J connectivity index is 2.19. The summed E-state index contributed by atoms with van der Waals surface area (Å²) in [5.41, 5.74) is 0.415. The summed E-state index contributed by atoms with van der Waals surface area (Å²) < 4.78 is 5.33. The second-order valence-corrected chi connectivity index (χ2v) is 5.56. The molecule has 1 fully saturated rings. The van der Waals surface area contributed by atoms with E-state index in [9.17, 15) is 0 Å². The molecule has 0 radical (unpaired) electrons. The predicted octanol–water partition coefficient (Wildman–Crippen LogP) is 2.44. The van der Waals surface area contributed by atoms with Crippen LogP contribution in [0.5, 0.6) is 0 Å². The van der Waals surface area contributed by atoms with E-state index in [2.05, 4.69) is 33.0 Å². The van der Waals surface area contributed by atoms with Crippen molar-refractivity contribution in [3.63, 3.8) is 0 Å². The van der Waals surface area contributed by atoms with Crippen molar-refractivity contribution < 1.29 is 4.74 Å². The molecule has 1 aliphatic heterocycles. The first-order valence-electron chi connectivity index (χ1n) is 5.81. The molecule has 1 rings (SSSR count). The summed E-state index contributed by atoms with van der Waals surface area (Å²) in [5.74, 6) is 0.727. The van der Waals surface area contributed by atoms with E-state index >= 15 is 0 Å². The highest BCUT2D eigenvalue weighted by Crippen LogP contribution is 2.24. The predicted molar refractivity (Wildman–Crippen MR) is 60.5 cm³/mol. The van der Waals surface area contributed by atoms with Gasteiger partial charge in [0.1, 0.15) is 0 Å². The van der Waals surface area contributed by atoms with Crippen molar-refractivity contribution in [2.24, 2.45) is 11.3 Å². The minimum absolute atomic E-state index is 0.415. The zero-order chi connectivity index (χ0) is 10.6. The van der Waals surface area contributed by atoms with Crippen molar-refractivity contribution in [2.75, 3.05) is 19.8 Å². The van der Waals surface area contributed by atoms with E-state index in [1.54, 1.807) is 0 Å². The average molecular weight is 199 g/mol. The molecule has 0 aromatic rings. The first-order chi connectivity index (χ1) is 6.50. The Kier molecular flexibility index (Phi) is 4.39. The van der Waals surface area contributed by atoms with E-state index < -0.39 is 0 Å². The molecule has 1 unspecified atom stereocenters. The molecule has 0 aromatic heterocycles. The quantitative estimate of drug-likeness (QED) is 0.754. The Morgan fingerprint density at radius 2 is 1.86 bits per heavy atom. The minimum atomic E-state index is 0.415. The molecule has 14 heavy (non-hydrogen) atoms. The molecular formula is C12H25NO. The zero-order valence-electron chi connectivity index (χ0n) is 10.1. The second-order valence-electron chi connectivity index (χ2n) is 5.56. The largest absolute Gasteiger partial charge is 0.381 e. The zero-order valence-corrected chi connectivity index (χ0v) is 10.1. The highest BCUT2D eigenvalue weighted by Gasteiger charge is 2.21. The Morgan fingerprint density at radius 3 is 2.36 bits per heavy atom. The van der Waals surface area contributed by atoms with Gasteiger partial charge in [-0.3, -0.25) is 0 Å². The average Bonchev–Trinajstić information content (AvgIpc) is 2.14.